The number of aliphatic hydroxyl groups excluding tert-OH is 1. The number of aliphatic hydroxyl groups is 1. The summed E-state index contributed by atoms with van der Waals surface area (Å²) in [6.45, 7) is 0.354. The summed E-state index contributed by atoms with van der Waals surface area (Å²) in [6, 6.07) is 11.0. The molecule has 0 unspecified atom stereocenters. The van der Waals surface area contributed by atoms with E-state index in [9.17, 15) is 4.79 Å². The number of carbonyl (C=O) groups excluding carboxylic acids is 1. The van der Waals surface area contributed by atoms with Crippen LogP contribution in [-0.4, -0.2) is 33.9 Å². The lowest BCUT2D eigenvalue weighted by Crippen LogP contribution is -2.26. The highest BCUT2D eigenvalue weighted by Gasteiger charge is 2.08. The van der Waals surface area contributed by atoms with E-state index < -0.39 is 0 Å². The number of hydrogen-bond acceptors (Lipinski definition) is 4. The van der Waals surface area contributed by atoms with E-state index in [0.29, 0.717) is 5.69 Å². The molecule has 1 amide bonds. The zero-order valence-corrected chi connectivity index (χ0v) is 10.3. The Morgan fingerprint density at radius 1 is 1.32 bits per heavy atom. The fourth-order valence-corrected chi connectivity index (χ4v) is 1.47. The summed E-state index contributed by atoms with van der Waals surface area (Å²) < 4.78 is 7.02. The summed E-state index contributed by atoms with van der Waals surface area (Å²) in [5.74, 6) is 0.428. The Morgan fingerprint density at radius 3 is 2.84 bits per heavy atom. The van der Waals surface area contributed by atoms with Gasteiger partial charge in [0.1, 0.15) is 11.4 Å². The number of ether oxygens (including phenoxy) is 1. The van der Waals surface area contributed by atoms with Crippen LogP contribution in [0.5, 0.6) is 5.75 Å². The lowest BCUT2D eigenvalue weighted by Gasteiger charge is -2.05. The van der Waals surface area contributed by atoms with Gasteiger partial charge in [0.25, 0.3) is 5.91 Å². The van der Waals surface area contributed by atoms with Gasteiger partial charge < -0.3 is 15.2 Å². The van der Waals surface area contributed by atoms with Gasteiger partial charge in [0, 0.05) is 12.7 Å². The van der Waals surface area contributed by atoms with Gasteiger partial charge in [-0.2, -0.15) is 5.10 Å². The number of para-hydroxylation sites is 1. The van der Waals surface area contributed by atoms with Crippen LogP contribution in [0.4, 0.5) is 0 Å². The lowest BCUT2D eigenvalue weighted by molar-refractivity contribution is 0.0937. The van der Waals surface area contributed by atoms with Gasteiger partial charge in [-0.3, -0.25) is 4.79 Å². The second kappa shape index (κ2) is 6.55. The van der Waals surface area contributed by atoms with Crippen molar-refractivity contribution in [3.05, 3.63) is 48.3 Å². The van der Waals surface area contributed by atoms with Crippen LogP contribution in [0.2, 0.25) is 0 Å². The highest BCUT2D eigenvalue weighted by molar-refractivity contribution is 5.92. The quantitative estimate of drug-likeness (QED) is 0.800. The number of hydrogen-bond donors (Lipinski definition) is 2. The minimum Gasteiger partial charge on any atom is -0.471 e. The third-order valence-electron chi connectivity index (χ3n) is 2.38. The second-order valence-corrected chi connectivity index (χ2v) is 3.81. The normalized spacial score (nSPS) is 10.2. The second-order valence-electron chi connectivity index (χ2n) is 3.81. The van der Waals surface area contributed by atoms with Crippen LogP contribution >= 0.6 is 0 Å². The van der Waals surface area contributed by atoms with E-state index >= 15 is 0 Å². The monoisotopic (exact) mass is 261 g/mol. The number of nitrogens with one attached hydrogen (secondary N) is 1. The summed E-state index contributed by atoms with van der Waals surface area (Å²) in [5.41, 5.74) is 0.296. The van der Waals surface area contributed by atoms with Gasteiger partial charge in [-0.05, 0) is 18.2 Å². The Bertz CT molecular complexity index is 525. The standard InChI is InChI=1S/C13H15N3O3/c17-9-7-14-13(18)12-6-8-16(15-12)10-19-11-4-2-1-3-5-11/h1-6,8,17H,7,9-10H2,(H,14,18). The number of aromatic nitrogens is 2. The van der Waals surface area contributed by atoms with Crippen LogP contribution in [0.1, 0.15) is 10.5 Å². The molecule has 0 aliphatic carbocycles. The van der Waals surface area contributed by atoms with Crippen molar-refractivity contribution in [2.75, 3.05) is 13.2 Å². The molecule has 2 rings (SSSR count). The van der Waals surface area contributed by atoms with E-state index in [-0.39, 0.29) is 25.8 Å². The van der Waals surface area contributed by atoms with Crippen molar-refractivity contribution in [3.8, 4) is 5.75 Å². The van der Waals surface area contributed by atoms with E-state index in [2.05, 4.69) is 10.4 Å². The lowest BCUT2D eigenvalue weighted by atomic mass is 10.3. The Balaban J connectivity index is 1.89. The predicted octanol–water partition coefficient (Wildman–Crippen LogP) is 0.642. The van der Waals surface area contributed by atoms with Crippen molar-refractivity contribution >= 4 is 5.91 Å². The summed E-state index contributed by atoms with van der Waals surface area (Å²) in [4.78, 5) is 11.6. The highest BCUT2D eigenvalue weighted by Crippen LogP contribution is 2.08. The molecule has 0 aliphatic heterocycles. The molecule has 0 fully saturated rings. The zero-order chi connectivity index (χ0) is 13.5. The van der Waals surface area contributed by atoms with Gasteiger partial charge in [-0.25, -0.2) is 4.68 Å². The fourth-order valence-electron chi connectivity index (χ4n) is 1.47. The first-order chi connectivity index (χ1) is 9.29. The van der Waals surface area contributed by atoms with E-state index in [1.807, 2.05) is 30.3 Å². The number of carbonyl (C=O) groups is 1. The van der Waals surface area contributed by atoms with Crippen molar-refractivity contribution < 1.29 is 14.6 Å². The Kier molecular flexibility index (Phi) is 4.52. The van der Waals surface area contributed by atoms with Gasteiger partial charge in [0.2, 0.25) is 0 Å². The third-order valence-corrected chi connectivity index (χ3v) is 2.38. The smallest absolute Gasteiger partial charge is 0.271 e. The van der Waals surface area contributed by atoms with Crippen LogP contribution in [-0.2, 0) is 6.73 Å². The van der Waals surface area contributed by atoms with Crippen molar-refractivity contribution in [2.24, 2.45) is 0 Å². The van der Waals surface area contributed by atoms with Gasteiger partial charge in [-0.1, -0.05) is 18.2 Å². The maximum Gasteiger partial charge on any atom is 0.271 e. The minimum atomic E-state index is -0.312. The van der Waals surface area contributed by atoms with Crippen molar-refractivity contribution in [3.63, 3.8) is 0 Å². The predicted molar refractivity (Wildman–Crippen MR) is 68.7 cm³/mol. The van der Waals surface area contributed by atoms with Gasteiger partial charge in [-0.15, -0.1) is 0 Å². The molecule has 0 spiro atoms. The summed E-state index contributed by atoms with van der Waals surface area (Å²) in [6.07, 6.45) is 1.66. The molecular weight excluding hydrogens is 246 g/mol. The average Bonchev–Trinajstić information content (AvgIpc) is 2.92. The van der Waals surface area contributed by atoms with E-state index in [4.69, 9.17) is 9.84 Å². The fraction of sp³-hybridized carbons (Fsp3) is 0.231. The van der Waals surface area contributed by atoms with Crippen LogP contribution < -0.4 is 10.1 Å². The Labute approximate surface area is 110 Å². The maximum absolute atomic E-state index is 11.6. The zero-order valence-electron chi connectivity index (χ0n) is 10.3. The maximum atomic E-state index is 11.6. The molecule has 2 aromatic rings. The molecule has 0 saturated carbocycles. The van der Waals surface area contributed by atoms with Crippen molar-refractivity contribution in [1.29, 1.82) is 0 Å². The highest BCUT2D eigenvalue weighted by atomic mass is 16.5. The van der Waals surface area contributed by atoms with Crippen LogP contribution in [0.25, 0.3) is 0 Å². The first kappa shape index (κ1) is 13.1. The van der Waals surface area contributed by atoms with E-state index in [0.717, 1.165) is 5.75 Å². The van der Waals surface area contributed by atoms with E-state index in [1.54, 1.807) is 12.3 Å². The first-order valence-corrected chi connectivity index (χ1v) is 5.90. The van der Waals surface area contributed by atoms with Crippen molar-refractivity contribution in [2.45, 2.75) is 6.73 Å². The van der Waals surface area contributed by atoms with Crippen molar-refractivity contribution in [1.82, 2.24) is 15.1 Å². The molecule has 6 heteroatoms. The number of benzene rings is 1. The Hall–Kier alpha value is -2.34. The molecule has 0 atom stereocenters. The molecule has 100 valence electrons. The molecule has 1 aromatic heterocycles. The molecular formula is C13H15N3O3. The summed E-state index contributed by atoms with van der Waals surface area (Å²) in [5, 5.41) is 15.2. The van der Waals surface area contributed by atoms with Crippen LogP contribution in [0, 0.1) is 0 Å². The van der Waals surface area contributed by atoms with Gasteiger partial charge in [0.05, 0.1) is 6.61 Å². The first-order valence-electron chi connectivity index (χ1n) is 5.90. The van der Waals surface area contributed by atoms with Crippen LogP contribution in [0.15, 0.2) is 42.6 Å². The molecule has 1 aromatic carbocycles. The molecule has 0 aliphatic rings. The average molecular weight is 261 g/mol. The summed E-state index contributed by atoms with van der Waals surface area (Å²) in [7, 11) is 0. The molecule has 0 radical (unpaired) electrons. The van der Waals surface area contributed by atoms with Gasteiger partial charge >= 0.3 is 0 Å². The Morgan fingerprint density at radius 2 is 2.11 bits per heavy atom. The van der Waals surface area contributed by atoms with Gasteiger partial charge in [0.15, 0.2) is 6.73 Å². The molecule has 2 N–H and O–H groups in total. The molecule has 0 saturated heterocycles. The van der Waals surface area contributed by atoms with Crippen LogP contribution in [0.3, 0.4) is 0 Å². The molecule has 0 bridgehead atoms. The third kappa shape index (κ3) is 3.82. The number of nitrogens with zero attached hydrogens (tertiary/aromatic N) is 2. The molecule has 1 heterocycles. The number of amides is 1. The van der Waals surface area contributed by atoms with E-state index in [1.165, 1.54) is 4.68 Å². The largest absolute Gasteiger partial charge is 0.471 e. The molecule has 19 heavy (non-hydrogen) atoms. The topological polar surface area (TPSA) is 76.4 Å². The number of rotatable bonds is 6. The minimum absolute atomic E-state index is 0.0937. The SMILES string of the molecule is O=C(NCCO)c1ccn(COc2ccccc2)n1. The summed E-state index contributed by atoms with van der Waals surface area (Å²) >= 11 is 0. The molecule has 6 nitrogen and oxygen atoms in total.